The Balaban J connectivity index is 1.76. The highest BCUT2D eigenvalue weighted by molar-refractivity contribution is 7.98. The number of fused-ring (bicyclic) bond motifs is 1. The van der Waals surface area contributed by atoms with E-state index in [0.717, 1.165) is 17.9 Å². The Labute approximate surface area is 126 Å². The van der Waals surface area contributed by atoms with Crippen molar-refractivity contribution in [1.29, 1.82) is 0 Å². The summed E-state index contributed by atoms with van der Waals surface area (Å²) in [7, 11) is 0. The molecule has 2 nitrogen and oxygen atoms in total. The van der Waals surface area contributed by atoms with Gasteiger partial charge in [0, 0.05) is 32.8 Å². The molecule has 102 valence electrons. The molecule has 1 aliphatic heterocycles. The zero-order chi connectivity index (χ0) is 13.4. The van der Waals surface area contributed by atoms with E-state index in [1.807, 2.05) is 23.1 Å². The van der Waals surface area contributed by atoms with Crippen LogP contribution in [0.4, 0.5) is 0 Å². The molecule has 2 aromatic rings. The molecule has 0 aliphatic carbocycles. The van der Waals surface area contributed by atoms with Crippen LogP contribution < -0.4 is 5.73 Å². The third kappa shape index (κ3) is 2.89. The normalized spacial score (nSPS) is 16.4. The van der Waals surface area contributed by atoms with Crippen LogP contribution in [0.3, 0.4) is 0 Å². The fourth-order valence-electron chi connectivity index (χ4n) is 2.27. The molecule has 3 heterocycles. The van der Waals surface area contributed by atoms with Crippen LogP contribution in [0.25, 0.3) is 0 Å². The first-order chi connectivity index (χ1) is 9.13. The SMILES string of the molecule is Cc1nc(CC(N)c2cc3c(s2)CCSC3)sc1C. The van der Waals surface area contributed by atoms with Gasteiger partial charge in [0.05, 0.1) is 10.7 Å². The Bertz CT molecular complexity index is 543. The lowest BCUT2D eigenvalue weighted by Gasteiger charge is -2.08. The number of thioether (sulfide) groups is 1. The minimum Gasteiger partial charge on any atom is -0.323 e. The van der Waals surface area contributed by atoms with Crippen LogP contribution in [0.2, 0.25) is 0 Å². The van der Waals surface area contributed by atoms with Gasteiger partial charge in [-0.15, -0.1) is 22.7 Å². The molecule has 1 atom stereocenters. The molecule has 1 unspecified atom stereocenters. The largest absolute Gasteiger partial charge is 0.323 e. The molecular formula is C14H18N2S3. The molecule has 0 spiro atoms. The molecule has 0 amide bonds. The molecule has 0 bridgehead atoms. The number of aryl methyl sites for hydroxylation is 3. The Morgan fingerprint density at radius 2 is 2.21 bits per heavy atom. The van der Waals surface area contributed by atoms with Crippen LogP contribution in [0, 0.1) is 13.8 Å². The van der Waals surface area contributed by atoms with Crippen molar-refractivity contribution >= 4 is 34.4 Å². The summed E-state index contributed by atoms with van der Waals surface area (Å²) in [6.45, 7) is 4.20. The molecule has 0 saturated carbocycles. The summed E-state index contributed by atoms with van der Waals surface area (Å²) in [5.74, 6) is 2.42. The second kappa shape index (κ2) is 5.56. The number of thiophene rings is 1. The predicted molar refractivity (Wildman–Crippen MR) is 86.4 cm³/mol. The molecule has 2 N–H and O–H groups in total. The standard InChI is InChI=1S/C14H18N2S3/c1-8-9(2)18-14(16-8)6-11(15)13-5-10-7-17-4-3-12(10)19-13/h5,11H,3-4,6-7,15H2,1-2H3. The minimum atomic E-state index is 0.102. The van der Waals surface area contributed by atoms with Crippen molar-refractivity contribution in [1.82, 2.24) is 4.98 Å². The van der Waals surface area contributed by atoms with Crippen LogP contribution in [-0.2, 0) is 18.6 Å². The van der Waals surface area contributed by atoms with E-state index < -0.39 is 0 Å². The van der Waals surface area contributed by atoms with Gasteiger partial charge in [-0.05, 0) is 37.7 Å². The second-order valence-corrected chi connectivity index (χ2v) is 8.52. The number of hydrogen-bond acceptors (Lipinski definition) is 5. The van der Waals surface area contributed by atoms with Crippen molar-refractivity contribution in [3.63, 3.8) is 0 Å². The lowest BCUT2D eigenvalue weighted by atomic mass is 10.1. The highest BCUT2D eigenvalue weighted by Crippen LogP contribution is 2.35. The Hall–Kier alpha value is -0.360. The number of aromatic nitrogens is 1. The van der Waals surface area contributed by atoms with Gasteiger partial charge in [-0.3, -0.25) is 0 Å². The average Bonchev–Trinajstić information content (AvgIpc) is 2.93. The second-order valence-electron chi connectivity index (χ2n) is 4.96. The molecule has 0 fully saturated rings. The maximum absolute atomic E-state index is 6.37. The van der Waals surface area contributed by atoms with Crippen LogP contribution in [-0.4, -0.2) is 10.7 Å². The van der Waals surface area contributed by atoms with Gasteiger partial charge in [-0.1, -0.05) is 0 Å². The van der Waals surface area contributed by atoms with Crippen LogP contribution >= 0.6 is 34.4 Å². The van der Waals surface area contributed by atoms with E-state index in [4.69, 9.17) is 5.73 Å². The predicted octanol–water partition coefficient (Wildman–Crippen LogP) is 3.85. The number of hydrogen-bond donors (Lipinski definition) is 1. The summed E-state index contributed by atoms with van der Waals surface area (Å²) in [5, 5.41) is 1.17. The number of nitrogens with zero attached hydrogens (tertiary/aromatic N) is 1. The summed E-state index contributed by atoms with van der Waals surface area (Å²) in [5.41, 5.74) is 9.03. The minimum absolute atomic E-state index is 0.102. The van der Waals surface area contributed by atoms with Crippen molar-refractivity contribution in [3.05, 3.63) is 37.0 Å². The lowest BCUT2D eigenvalue weighted by molar-refractivity contribution is 0.730. The summed E-state index contributed by atoms with van der Waals surface area (Å²) in [6.07, 6.45) is 2.08. The zero-order valence-corrected chi connectivity index (χ0v) is 13.7. The summed E-state index contributed by atoms with van der Waals surface area (Å²) < 4.78 is 0. The van der Waals surface area contributed by atoms with Gasteiger partial charge in [0.15, 0.2) is 0 Å². The van der Waals surface area contributed by atoms with E-state index in [2.05, 4.69) is 24.9 Å². The lowest BCUT2D eigenvalue weighted by Crippen LogP contribution is -2.11. The molecule has 19 heavy (non-hydrogen) atoms. The molecule has 0 radical (unpaired) electrons. The molecule has 0 saturated heterocycles. The highest BCUT2D eigenvalue weighted by atomic mass is 32.2. The summed E-state index contributed by atoms with van der Waals surface area (Å²) in [6, 6.07) is 2.43. The highest BCUT2D eigenvalue weighted by Gasteiger charge is 2.18. The topological polar surface area (TPSA) is 38.9 Å². The van der Waals surface area contributed by atoms with E-state index in [1.54, 1.807) is 16.2 Å². The summed E-state index contributed by atoms with van der Waals surface area (Å²) in [4.78, 5) is 8.79. The Morgan fingerprint density at radius 1 is 1.37 bits per heavy atom. The maximum Gasteiger partial charge on any atom is 0.0950 e. The molecule has 3 rings (SSSR count). The Kier molecular flexibility index (Phi) is 3.98. The van der Waals surface area contributed by atoms with Gasteiger partial charge >= 0.3 is 0 Å². The third-order valence-corrected chi connectivity index (χ3v) is 6.95. The average molecular weight is 311 g/mol. The number of thiazole rings is 1. The van der Waals surface area contributed by atoms with E-state index in [1.165, 1.54) is 32.5 Å². The van der Waals surface area contributed by atoms with E-state index in [9.17, 15) is 0 Å². The van der Waals surface area contributed by atoms with Crippen molar-refractivity contribution in [3.8, 4) is 0 Å². The van der Waals surface area contributed by atoms with E-state index in [-0.39, 0.29) is 6.04 Å². The van der Waals surface area contributed by atoms with E-state index in [0.29, 0.717) is 0 Å². The number of nitrogens with two attached hydrogens (primary N) is 1. The van der Waals surface area contributed by atoms with Gasteiger partial charge in [0.25, 0.3) is 0 Å². The molecule has 2 aromatic heterocycles. The molecule has 1 aliphatic rings. The van der Waals surface area contributed by atoms with Gasteiger partial charge < -0.3 is 5.73 Å². The van der Waals surface area contributed by atoms with Crippen molar-refractivity contribution in [2.24, 2.45) is 5.73 Å². The monoisotopic (exact) mass is 310 g/mol. The smallest absolute Gasteiger partial charge is 0.0950 e. The molecule has 0 aromatic carbocycles. The molecular weight excluding hydrogens is 292 g/mol. The van der Waals surface area contributed by atoms with Crippen molar-refractivity contribution < 1.29 is 0 Å². The first kappa shape index (κ1) is 13.6. The first-order valence-electron chi connectivity index (χ1n) is 6.51. The van der Waals surface area contributed by atoms with Gasteiger partial charge in [0.2, 0.25) is 0 Å². The fraction of sp³-hybridized carbons (Fsp3) is 0.500. The van der Waals surface area contributed by atoms with Crippen LogP contribution in [0.5, 0.6) is 0 Å². The number of rotatable bonds is 3. The van der Waals surface area contributed by atoms with Gasteiger partial charge in [-0.25, -0.2) is 4.98 Å². The Morgan fingerprint density at radius 3 is 2.89 bits per heavy atom. The summed E-state index contributed by atoms with van der Waals surface area (Å²) >= 11 is 5.72. The molecule has 5 heteroatoms. The first-order valence-corrected chi connectivity index (χ1v) is 9.30. The maximum atomic E-state index is 6.37. The van der Waals surface area contributed by atoms with E-state index >= 15 is 0 Å². The fourth-order valence-corrected chi connectivity index (χ4v) is 5.64. The zero-order valence-electron chi connectivity index (χ0n) is 11.2. The van der Waals surface area contributed by atoms with Gasteiger partial charge in [-0.2, -0.15) is 11.8 Å². The van der Waals surface area contributed by atoms with Crippen LogP contribution in [0.1, 0.15) is 36.9 Å². The quantitative estimate of drug-likeness (QED) is 0.936. The van der Waals surface area contributed by atoms with Gasteiger partial charge in [0.1, 0.15) is 0 Å². The third-order valence-electron chi connectivity index (χ3n) is 3.48. The van der Waals surface area contributed by atoms with Crippen LogP contribution in [0.15, 0.2) is 6.07 Å². The van der Waals surface area contributed by atoms with Crippen molar-refractivity contribution in [2.75, 3.05) is 5.75 Å². The van der Waals surface area contributed by atoms with Crippen molar-refractivity contribution in [2.45, 2.75) is 38.5 Å².